The molecule has 0 aromatic heterocycles. The second-order valence-electron chi connectivity index (χ2n) is 6.50. The summed E-state index contributed by atoms with van der Waals surface area (Å²) in [5.74, 6) is 0.988. The van der Waals surface area contributed by atoms with E-state index in [4.69, 9.17) is 18.9 Å². The van der Waals surface area contributed by atoms with Crippen molar-refractivity contribution in [1.29, 1.82) is 0 Å². The molecule has 0 spiro atoms. The predicted octanol–water partition coefficient (Wildman–Crippen LogP) is 1.86. The molecule has 1 amide bonds. The Kier molecular flexibility index (Phi) is 5.77. The van der Waals surface area contributed by atoms with E-state index in [-0.39, 0.29) is 18.3 Å². The minimum Gasteiger partial charge on any atom is -0.493 e. The Hall–Kier alpha value is -2.44. The Balaban J connectivity index is 2.01. The summed E-state index contributed by atoms with van der Waals surface area (Å²) in [5, 5.41) is 2.73. The fraction of sp³-hybridized carbons (Fsp3) is 0.556. The first kappa shape index (κ1) is 18.9. The molecule has 2 rings (SSSR count). The van der Waals surface area contributed by atoms with E-state index < -0.39 is 11.6 Å². The van der Waals surface area contributed by atoms with Crippen LogP contribution in [0.2, 0.25) is 0 Å². The highest BCUT2D eigenvalue weighted by Gasteiger charge is 2.40. The van der Waals surface area contributed by atoms with E-state index in [2.05, 4.69) is 5.32 Å². The molecule has 1 aromatic carbocycles. The molecule has 1 aliphatic rings. The van der Waals surface area contributed by atoms with Gasteiger partial charge in [0.15, 0.2) is 11.5 Å². The van der Waals surface area contributed by atoms with Crippen LogP contribution in [0, 0.1) is 0 Å². The van der Waals surface area contributed by atoms with Crippen molar-refractivity contribution in [3.8, 4) is 17.2 Å². The SMILES string of the molecule is COc1ccc(CCC(=O)N[C@@H]2CC(C)(C)OC2=O)c(OC)c1OC. The van der Waals surface area contributed by atoms with E-state index in [0.717, 1.165) is 5.56 Å². The molecule has 1 atom stereocenters. The van der Waals surface area contributed by atoms with E-state index in [1.54, 1.807) is 13.2 Å². The lowest BCUT2D eigenvalue weighted by Crippen LogP contribution is -2.38. The fourth-order valence-electron chi connectivity index (χ4n) is 2.94. The van der Waals surface area contributed by atoms with Crippen LogP contribution in [0.3, 0.4) is 0 Å². The number of hydrogen-bond acceptors (Lipinski definition) is 6. The van der Waals surface area contributed by atoms with Gasteiger partial charge in [-0.15, -0.1) is 0 Å². The van der Waals surface area contributed by atoms with Gasteiger partial charge in [-0.25, -0.2) is 4.79 Å². The van der Waals surface area contributed by atoms with Crippen molar-refractivity contribution in [2.24, 2.45) is 0 Å². The van der Waals surface area contributed by atoms with Crippen LogP contribution < -0.4 is 19.5 Å². The van der Waals surface area contributed by atoms with Crippen molar-refractivity contribution >= 4 is 11.9 Å². The first-order valence-corrected chi connectivity index (χ1v) is 8.11. The predicted molar refractivity (Wildman–Crippen MR) is 91.1 cm³/mol. The van der Waals surface area contributed by atoms with Crippen LogP contribution in [-0.2, 0) is 20.7 Å². The molecule has 0 saturated carbocycles. The molecule has 138 valence electrons. The Bertz CT molecular complexity index is 655. The minimum atomic E-state index is -0.588. The van der Waals surface area contributed by atoms with E-state index in [1.165, 1.54) is 14.2 Å². The Morgan fingerprint density at radius 2 is 1.88 bits per heavy atom. The summed E-state index contributed by atoms with van der Waals surface area (Å²) in [6, 6.07) is 3.01. The van der Waals surface area contributed by atoms with Gasteiger partial charge in [0.05, 0.1) is 21.3 Å². The third kappa shape index (κ3) is 4.35. The van der Waals surface area contributed by atoms with Crippen LogP contribution in [0.25, 0.3) is 0 Å². The zero-order chi connectivity index (χ0) is 18.6. The number of carbonyl (C=O) groups is 2. The van der Waals surface area contributed by atoms with Crippen molar-refractivity contribution in [1.82, 2.24) is 5.32 Å². The first-order chi connectivity index (χ1) is 11.8. The monoisotopic (exact) mass is 351 g/mol. The highest BCUT2D eigenvalue weighted by molar-refractivity contribution is 5.86. The smallest absolute Gasteiger partial charge is 0.329 e. The average molecular weight is 351 g/mol. The molecule has 7 heteroatoms. The summed E-state index contributed by atoms with van der Waals surface area (Å²) >= 11 is 0. The van der Waals surface area contributed by atoms with Crippen molar-refractivity contribution in [3.05, 3.63) is 17.7 Å². The van der Waals surface area contributed by atoms with Gasteiger partial charge in [0.2, 0.25) is 11.7 Å². The van der Waals surface area contributed by atoms with Crippen molar-refractivity contribution in [2.45, 2.75) is 44.8 Å². The van der Waals surface area contributed by atoms with Gasteiger partial charge in [-0.05, 0) is 31.9 Å². The number of esters is 1. The van der Waals surface area contributed by atoms with Gasteiger partial charge in [0, 0.05) is 12.8 Å². The maximum absolute atomic E-state index is 12.2. The van der Waals surface area contributed by atoms with Crippen LogP contribution in [0.1, 0.15) is 32.3 Å². The van der Waals surface area contributed by atoms with E-state index in [9.17, 15) is 9.59 Å². The fourth-order valence-corrected chi connectivity index (χ4v) is 2.94. The number of hydrogen-bond donors (Lipinski definition) is 1. The lowest BCUT2D eigenvalue weighted by atomic mass is 10.0. The third-order valence-electron chi connectivity index (χ3n) is 4.10. The Morgan fingerprint density at radius 3 is 2.40 bits per heavy atom. The number of amides is 1. The second-order valence-corrected chi connectivity index (χ2v) is 6.50. The van der Waals surface area contributed by atoms with Crippen molar-refractivity contribution < 1.29 is 28.5 Å². The van der Waals surface area contributed by atoms with E-state index in [1.807, 2.05) is 19.9 Å². The summed E-state index contributed by atoms with van der Waals surface area (Å²) in [5.41, 5.74) is 0.284. The highest BCUT2D eigenvalue weighted by Crippen LogP contribution is 2.40. The van der Waals surface area contributed by atoms with Gasteiger partial charge in [-0.3, -0.25) is 4.79 Å². The largest absolute Gasteiger partial charge is 0.493 e. The summed E-state index contributed by atoms with van der Waals surface area (Å²) in [4.78, 5) is 24.0. The van der Waals surface area contributed by atoms with Crippen LogP contribution in [0.5, 0.6) is 17.2 Å². The highest BCUT2D eigenvalue weighted by atomic mass is 16.6. The minimum absolute atomic E-state index is 0.212. The lowest BCUT2D eigenvalue weighted by Gasteiger charge is -2.16. The summed E-state index contributed by atoms with van der Waals surface area (Å²) in [6.07, 6.45) is 1.13. The summed E-state index contributed by atoms with van der Waals surface area (Å²) in [7, 11) is 4.62. The molecule has 1 heterocycles. The molecule has 1 N–H and O–H groups in total. The van der Waals surface area contributed by atoms with Gasteiger partial charge in [0.1, 0.15) is 11.6 Å². The molecule has 0 bridgehead atoms. The molecule has 1 aliphatic heterocycles. The molecular weight excluding hydrogens is 326 g/mol. The summed E-state index contributed by atoms with van der Waals surface area (Å²) in [6.45, 7) is 3.65. The van der Waals surface area contributed by atoms with Gasteiger partial charge in [-0.1, -0.05) is 6.07 Å². The summed E-state index contributed by atoms with van der Waals surface area (Å²) < 4.78 is 21.2. The number of aryl methyl sites for hydroxylation is 1. The molecule has 1 saturated heterocycles. The molecule has 1 fully saturated rings. The molecule has 0 unspecified atom stereocenters. The normalized spacial score (nSPS) is 18.4. The zero-order valence-electron chi connectivity index (χ0n) is 15.3. The topological polar surface area (TPSA) is 83.1 Å². The number of cyclic esters (lactones) is 1. The van der Waals surface area contributed by atoms with Crippen LogP contribution >= 0.6 is 0 Å². The number of benzene rings is 1. The second kappa shape index (κ2) is 7.63. The van der Waals surface area contributed by atoms with Crippen LogP contribution in [0.4, 0.5) is 0 Å². The first-order valence-electron chi connectivity index (χ1n) is 8.11. The third-order valence-corrected chi connectivity index (χ3v) is 4.10. The van der Waals surface area contributed by atoms with Crippen molar-refractivity contribution in [2.75, 3.05) is 21.3 Å². The molecule has 0 radical (unpaired) electrons. The molecular formula is C18H25NO6. The molecule has 0 aliphatic carbocycles. The van der Waals surface area contributed by atoms with Crippen LogP contribution in [-0.4, -0.2) is 44.8 Å². The van der Waals surface area contributed by atoms with E-state index in [0.29, 0.717) is 30.1 Å². The standard InChI is InChI=1S/C18H25NO6/c1-18(2)10-12(17(21)25-18)19-14(20)9-7-11-6-8-13(22-3)16(24-5)15(11)23-4/h6,8,12H,7,9-10H2,1-5H3,(H,19,20)/t12-/m1/s1. The average Bonchev–Trinajstić information content (AvgIpc) is 2.83. The van der Waals surface area contributed by atoms with E-state index >= 15 is 0 Å². The molecule has 25 heavy (non-hydrogen) atoms. The van der Waals surface area contributed by atoms with Gasteiger partial charge < -0.3 is 24.3 Å². The molecule has 7 nitrogen and oxygen atoms in total. The maximum Gasteiger partial charge on any atom is 0.329 e. The van der Waals surface area contributed by atoms with Gasteiger partial charge in [0.25, 0.3) is 0 Å². The maximum atomic E-state index is 12.2. The van der Waals surface area contributed by atoms with Crippen molar-refractivity contribution in [3.63, 3.8) is 0 Å². The number of methoxy groups -OCH3 is 3. The van der Waals surface area contributed by atoms with Crippen LogP contribution in [0.15, 0.2) is 12.1 Å². The Morgan fingerprint density at radius 1 is 1.20 bits per heavy atom. The number of ether oxygens (including phenoxy) is 4. The Labute approximate surface area is 147 Å². The quantitative estimate of drug-likeness (QED) is 0.755. The van der Waals surface area contributed by atoms with Gasteiger partial charge in [-0.2, -0.15) is 0 Å². The van der Waals surface area contributed by atoms with Gasteiger partial charge >= 0.3 is 5.97 Å². The zero-order valence-corrected chi connectivity index (χ0v) is 15.3. The lowest BCUT2D eigenvalue weighted by molar-refractivity contribution is -0.148. The number of carbonyl (C=O) groups excluding carboxylic acids is 2. The molecule has 1 aromatic rings. The number of rotatable bonds is 7. The number of nitrogens with one attached hydrogen (secondary N) is 1.